The van der Waals surface area contributed by atoms with Crippen molar-refractivity contribution in [2.75, 3.05) is 13.1 Å². The lowest BCUT2D eigenvalue weighted by atomic mass is 9.90. The molecule has 31 heavy (non-hydrogen) atoms. The molecule has 1 saturated heterocycles. The minimum Gasteiger partial charge on any atom is -0.486 e. The average molecular weight is 418 g/mol. The van der Waals surface area contributed by atoms with Gasteiger partial charge in [0.1, 0.15) is 12.4 Å². The molecule has 2 aromatic heterocycles. The van der Waals surface area contributed by atoms with Crippen LogP contribution < -0.4 is 4.74 Å². The normalized spacial score (nSPS) is 16.7. The molecule has 1 aromatic carbocycles. The number of fused-ring (bicyclic) bond motifs is 1. The van der Waals surface area contributed by atoms with Crippen LogP contribution in [-0.2, 0) is 19.4 Å². The zero-order valence-electron chi connectivity index (χ0n) is 17.6. The van der Waals surface area contributed by atoms with Gasteiger partial charge in [0.2, 0.25) is 0 Å². The summed E-state index contributed by atoms with van der Waals surface area (Å²) < 4.78 is 11.3. The van der Waals surface area contributed by atoms with Crippen LogP contribution in [0.3, 0.4) is 0 Å². The third-order valence-corrected chi connectivity index (χ3v) is 6.44. The Morgan fingerprint density at radius 3 is 2.61 bits per heavy atom. The Hall–Kier alpha value is -3.15. The molecule has 0 unspecified atom stereocenters. The second kappa shape index (κ2) is 8.92. The van der Waals surface area contributed by atoms with Gasteiger partial charge in [-0.1, -0.05) is 11.2 Å². The molecular weight excluding hydrogens is 390 g/mol. The van der Waals surface area contributed by atoms with E-state index >= 15 is 0 Å². The quantitative estimate of drug-likeness (QED) is 0.609. The molecule has 160 valence electrons. The van der Waals surface area contributed by atoms with E-state index in [-0.39, 0.29) is 12.5 Å². The molecule has 6 heteroatoms. The maximum absolute atomic E-state index is 12.8. The van der Waals surface area contributed by atoms with Gasteiger partial charge in [-0.3, -0.25) is 9.78 Å². The Labute approximate surface area is 182 Å². The van der Waals surface area contributed by atoms with Crippen LogP contribution >= 0.6 is 0 Å². The van der Waals surface area contributed by atoms with E-state index in [1.165, 1.54) is 29.5 Å². The number of hydrogen-bond donors (Lipinski definition) is 0. The van der Waals surface area contributed by atoms with Gasteiger partial charge in [-0.05, 0) is 85.4 Å². The van der Waals surface area contributed by atoms with E-state index in [1.807, 2.05) is 23.4 Å². The first-order valence-corrected chi connectivity index (χ1v) is 11.2. The highest BCUT2D eigenvalue weighted by atomic mass is 16.5. The van der Waals surface area contributed by atoms with Gasteiger partial charge in [-0.25, -0.2) is 0 Å². The molecule has 3 aromatic rings. The van der Waals surface area contributed by atoms with Gasteiger partial charge in [0.25, 0.3) is 5.91 Å². The SMILES string of the molecule is O=C(c1cc(COc2ccc3c(c2)CCCC3)on1)N1CCC(c2ccncc2)CC1. The summed E-state index contributed by atoms with van der Waals surface area (Å²) in [7, 11) is 0. The van der Waals surface area contributed by atoms with Gasteiger partial charge in [-0.15, -0.1) is 0 Å². The highest BCUT2D eigenvalue weighted by molar-refractivity contribution is 5.92. The van der Waals surface area contributed by atoms with Gasteiger partial charge < -0.3 is 14.2 Å². The maximum atomic E-state index is 12.8. The molecule has 0 radical (unpaired) electrons. The number of carbonyl (C=O) groups excluding carboxylic acids is 1. The molecule has 6 nitrogen and oxygen atoms in total. The molecule has 5 rings (SSSR count). The second-order valence-electron chi connectivity index (χ2n) is 8.45. The summed E-state index contributed by atoms with van der Waals surface area (Å²) in [5.41, 5.74) is 4.46. The van der Waals surface area contributed by atoms with E-state index < -0.39 is 0 Å². The van der Waals surface area contributed by atoms with Crippen molar-refractivity contribution in [1.82, 2.24) is 15.0 Å². The van der Waals surface area contributed by atoms with Crippen LogP contribution in [0.25, 0.3) is 0 Å². The minimum atomic E-state index is -0.0723. The van der Waals surface area contributed by atoms with Crippen molar-refractivity contribution in [2.45, 2.75) is 51.0 Å². The third-order valence-electron chi connectivity index (χ3n) is 6.44. The molecule has 2 aliphatic rings. The van der Waals surface area contributed by atoms with Gasteiger partial charge in [-0.2, -0.15) is 0 Å². The topological polar surface area (TPSA) is 68.5 Å². The molecule has 0 spiro atoms. The van der Waals surface area contributed by atoms with Crippen LogP contribution in [0.15, 0.2) is 53.3 Å². The number of ether oxygens (including phenoxy) is 1. The molecule has 0 atom stereocenters. The standard InChI is InChI=1S/C25H27N3O3/c29-25(28-13-9-20(10-14-28)19-7-11-26-12-8-19)24-16-23(31-27-24)17-30-22-6-5-18-3-1-2-4-21(18)15-22/h5-8,11-12,15-16,20H,1-4,9-10,13-14,17H2. The van der Waals surface area contributed by atoms with Crippen molar-refractivity contribution in [3.63, 3.8) is 0 Å². The van der Waals surface area contributed by atoms with Crippen LogP contribution in [-0.4, -0.2) is 34.0 Å². The molecule has 1 fully saturated rings. The van der Waals surface area contributed by atoms with Crippen molar-refractivity contribution in [1.29, 1.82) is 0 Å². The first kappa shape index (κ1) is 19.8. The molecule has 0 bridgehead atoms. The Morgan fingerprint density at radius 2 is 1.81 bits per heavy atom. The molecule has 1 amide bonds. The minimum absolute atomic E-state index is 0.0723. The lowest BCUT2D eigenvalue weighted by Crippen LogP contribution is -2.38. The number of carbonyl (C=O) groups is 1. The number of aryl methyl sites for hydroxylation is 2. The van der Waals surface area contributed by atoms with Crippen LogP contribution in [0.5, 0.6) is 5.75 Å². The van der Waals surface area contributed by atoms with Crippen molar-refractivity contribution in [3.8, 4) is 5.75 Å². The number of aromatic nitrogens is 2. The molecule has 1 aliphatic carbocycles. The van der Waals surface area contributed by atoms with Crippen molar-refractivity contribution < 1.29 is 14.1 Å². The summed E-state index contributed by atoms with van der Waals surface area (Å²) >= 11 is 0. The number of likely N-dealkylation sites (tertiary alicyclic amines) is 1. The molecule has 1 aliphatic heterocycles. The highest BCUT2D eigenvalue weighted by Gasteiger charge is 2.26. The number of rotatable bonds is 5. The van der Waals surface area contributed by atoms with Crippen LogP contribution in [0, 0.1) is 0 Å². The van der Waals surface area contributed by atoms with Crippen LogP contribution in [0.4, 0.5) is 0 Å². The van der Waals surface area contributed by atoms with Gasteiger partial charge in [0.05, 0.1) is 0 Å². The number of amides is 1. The van der Waals surface area contributed by atoms with Crippen molar-refractivity contribution in [3.05, 3.63) is 76.9 Å². The van der Waals surface area contributed by atoms with E-state index in [0.717, 1.165) is 44.5 Å². The lowest BCUT2D eigenvalue weighted by Gasteiger charge is -2.31. The zero-order valence-corrected chi connectivity index (χ0v) is 17.6. The fraction of sp³-hybridized carbons (Fsp3) is 0.400. The number of pyridine rings is 1. The fourth-order valence-electron chi connectivity index (χ4n) is 4.65. The average Bonchev–Trinajstić information content (AvgIpc) is 3.32. The Balaban J connectivity index is 1.16. The summed E-state index contributed by atoms with van der Waals surface area (Å²) in [4.78, 5) is 18.8. The lowest BCUT2D eigenvalue weighted by molar-refractivity contribution is 0.0702. The summed E-state index contributed by atoms with van der Waals surface area (Å²) in [5, 5.41) is 4.00. The Morgan fingerprint density at radius 1 is 1.03 bits per heavy atom. The van der Waals surface area contributed by atoms with E-state index in [1.54, 1.807) is 6.07 Å². The maximum Gasteiger partial charge on any atom is 0.276 e. The summed E-state index contributed by atoms with van der Waals surface area (Å²) in [5.74, 6) is 1.80. The van der Waals surface area contributed by atoms with Crippen molar-refractivity contribution >= 4 is 5.91 Å². The van der Waals surface area contributed by atoms with E-state index in [2.05, 4.69) is 34.4 Å². The first-order valence-electron chi connectivity index (χ1n) is 11.2. The van der Waals surface area contributed by atoms with Crippen LogP contribution in [0.1, 0.15) is 64.5 Å². The van der Waals surface area contributed by atoms with E-state index in [9.17, 15) is 4.79 Å². The van der Waals surface area contributed by atoms with Crippen LogP contribution in [0.2, 0.25) is 0 Å². The number of nitrogens with zero attached hydrogens (tertiary/aromatic N) is 3. The van der Waals surface area contributed by atoms with E-state index in [0.29, 0.717) is 17.4 Å². The first-order chi connectivity index (χ1) is 15.3. The second-order valence-corrected chi connectivity index (χ2v) is 8.45. The highest BCUT2D eigenvalue weighted by Crippen LogP contribution is 2.28. The number of piperidine rings is 1. The zero-order chi connectivity index (χ0) is 21.0. The van der Waals surface area contributed by atoms with Gasteiger partial charge >= 0.3 is 0 Å². The predicted molar refractivity (Wildman–Crippen MR) is 116 cm³/mol. The van der Waals surface area contributed by atoms with Gasteiger partial charge in [0, 0.05) is 31.5 Å². The molecule has 0 N–H and O–H groups in total. The summed E-state index contributed by atoms with van der Waals surface area (Å²) in [6.07, 6.45) is 10.3. The fourth-order valence-corrected chi connectivity index (χ4v) is 4.65. The summed E-state index contributed by atoms with van der Waals surface area (Å²) in [6.45, 7) is 1.71. The third kappa shape index (κ3) is 4.48. The van der Waals surface area contributed by atoms with Gasteiger partial charge in [0.15, 0.2) is 11.5 Å². The molecule has 3 heterocycles. The number of hydrogen-bond acceptors (Lipinski definition) is 5. The smallest absolute Gasteiger partial charge is 0.276 e. The van der Waals surface area contributed by atoms with E-state index in [4.69, 9.17) is 9.26 Å². The summed E-state index contributed by atoms with van der Waals surface area (Å²) in [6, 6.07) is 12.1. The molecule has 0 saturated carbocycles. The Kier molecular flexibility index (Phi) is 5.69. The number of benzene rings is 1. The van der Waals surface area contributed by atoms with Crippen molar-refractivity contribution in [2.24, 2.45) is 0 Å². The molecular formula is C25H27N3O3. The Bertz CT molecular complexity index is 1040. The largest absolute Gasteiger partial charge is 0.486 e. The monoisotopic (exact) mass is 417 g/mol. The predicted octanol–water partition coefficient (Wildman–Crippen LogP) is 4.55.